The molecule has 88 valence electrons. The Balaban J connectivity index is 2.51. The van der Waals surface area contributed by atoms with Gasteiger partial charge in [-0.25, -0.2) is 0 Å². The highest BCUT2D eigenvalue weighted by molar-refractivity contribution is 5.76. The summed E-state index contributed by atoms with van der Waals surface area (Å²) in [6, 6.07) is 0.00387. The molecule has 0 radical (unpaired) electrons. The summed E-state index contributed by atoms with van der Waals surface area (Å²) < 4.78 is 5.42. The molecule has 1 fully saturated rings. The molecule has 0 spiro atoms. The number of hydrogen-bond donors (Lipinski definition) is 0. The van der Waals surface area contributed by atoms with Crippen LogP contribution in [0.15, 0.2) is 0 Å². The number of carbonyl (C=O) groups is 1. The Morgan fingerprint density at radius 1 is 1.47 bits per heavy atom. The monoisotopic (exact) mass is 213 g/mol. The Hall–Kier alpha value is -0.570. The lowest BCUT2D eigenvalue weighted by atomic mass is 10.1. The molecule has 1 atom stereocenters. The van der Waals surface area contributed by atoms with Gasteiger partial charge in [-0.15, -0.1) is 0 Å². The average Bonchev–Trinajstić information content (AvgIpc) is 2.49. The molecule has 0 aromatic heterocycles. The molecule has 1 saturated heterocycles. The van der Waals surface area contributed by atoms with Gasteiger partial charge in [-0.1, -0.05) is 6.92 Å². The lowest BCUT2D eigenvalue weighted by Crippen LogP contribution is -2.40. The quantitative estimate of drug-likeness (QED) is 0.673. The molecule has 15 heavy (non-hydrogen) atoms. The Labute approximate surface area is 92.8 Å². The molecule has 0 aromatic carbocycles. The highest BCUT2D eigenvalue weighted by Gasteiger charge is 2.33. The van der Waals surface area contributed by atoms with Gasteiger partial charge in [0, 0.05) is 0 Å². The highest BCUT2D eigenvalue weighted by Crippen LogP contribution is 2.20. The summed E-state index contributed by atoms with van der Waals surface area (Å²) in [6.45, 7) is 9.95. The zero-order valence-corrected chi connectivity index (χ0v) is 10.4. The van der Waals surface area contributed by atoms with E-state index in [0.29, 0.717) is 0 Å². The fourth-order valence-corrected chi connectivity index (χ4v) is 2.02. The summed E-state index contributed by atoms with van der Waals surface area (Å²) >= 11 is 0. The summed E-state index contributed by atoms with van der Waals surface area (Å²) in [7, 11) is 0. The third kappa shape index (κ3) is 3.82. The number of carbonyl (C=O) groups excluding carboxylic acids is 1. The molecule has 0 bridgehead atoms. The second-order valence-corrected chi connectivity index (χ2v) is 5.23. The van der Waals surface area contributed by atoms with E-state index >= 15 is 0 Å². The van der Waals surface area contributed by atoms with E-state index in [2.05, 4.69) is 11.8 Å². The van der Waals surface area contributed by atoms with E-state index in [-0.39, 0.29) is 17.6 Å². The number of hydrogen-bond acceptors (Lipinski definition) is 3. The number of ether oxygens (including phenoxy) is 1. The van der Waals surface area contributed by atoms with Gasteiger partial charge in [-0.05, 0) is 53.1 Å². The standard InChI is InChI=1S/C12H23NO2/c1-5-8-13-9-6-7-10(13)11(14)15-12(2,3)4/h10H,5-9H2,1-4H3/t10-/m0/s1. The summed E-state index contributed by atoms with van der Waals surface area (Å²) in [4.78, 5) is 14.1. The molecule has 1 heterocycles. The van der Waals surface area contributed by atoms with E-state index in [1.807, 2.05) is 20.8 Å². The maximum Gasteiger partial charge on any atom is 0.323 e. The van der Waals surface area contributed by atoms with Crippen LogP contribution in [0.5, 0.6) is 0 Å². The first-order chi connectivity index (χ1) is 6.94. The van der Waals surface area contributed by atoms with Crippen molar-refractivity contribution in [1.29, 1.82) is 0 Å². The normalized spacial score (nSPS) is 23.1. The SMILES string of the molecule is CCCN1CCC[C@H]1C(=O)OC(C)(C)C. The topological polar surface area (TPSA) is 29.5 Å². The van der Waals surface area contributed by atoms with Crippen molar-refractivity contribution in [3.63, 3.8) is 0 Å². The van der Waals surface area contributed by atoms with Gasteiger partial charge in [0.1, 0.15) is 11.6 Å². The van der Waals surface area contributed by atoms with E-state index in [9.17, 15) is 4.79 Å². The Morgan fingerprint density at radius 2 is 2.13 bits per heavy atom. The zero-order chi connectivity index (χ0) is 11.5. The van der Waals surface area contributed by atoms with Crippen molar-refractivity contribution in [2.45, 2.75) is 58.6 Å². The van der Waals surface area contributed by atoms with Gasteiger partial charge < -0.3 is 4.74 Å². The molecule has 3 heteroatoms. The van der Waals surface area contributed by atoms with Crippen molar-refractivity contribution in [1.82, 2.24) is 4.90 Å². The predicted molar refractivity (Wildman–Crippen MR) is 60.7 cm³/mol. The van der Waals surface area contributed by atoms with Gasteiger partial charge in [0.25, 0.3) is 0 Å². The minimum absolute atomic E-state index is 0.00387. The van der Waals surface area contributed by atoms with E-state index in [4.69, 9.17) is 4.74 Å². The van der Waals surface area contributed by atoms with Crippen LogP contribution in [0.2, 0.25) is 0 Å². The van der Waals surface area contributed by atoms with Crippen molar-refractivity contribution in [2.75, 3.05) is 13.1 Å². The Bertz CT molecular complexity index is 220. The van der Waals surface area contributed by atoms with Crippen LogP contribution in [-0.4, -0.2) is 35.6 Å². The summed E-state index contributed by atoms with van der Waals surface area (Å²) in [6.07, 6.45) is 3.16. The number of rotatable bonds is 3. The van der Waals surface area contributed by atoms with Crippen LogP contribution in [0.4, 0.5) is 0 Å². The van der Waals surface area contributed by atoms with E-state index in [0.717, 1.165) is 32.4 Å². The molecule has 0 aromatic rings. The van der Waals surface area contributed by atoms with Crippen molar-refractivity contribution >= 4 is 5.97 Å². The van der Waals surface area contributed by atoms with E-state index < -0.39 is 0 Å². The summed E-state index contributed by atoms with van der Waals surface area (Å²) in [5.74, 6) is -0.0477. The zero-order valence-electron chi connectivity index (χ0n) is 10.4. The van der Waals surface area contributed by atoms with Gasteiger partial charge in [-0.2, -0.15) is 0 Å². The van der Waals surface area contributed by atoms with Crippen LogP contribution in [0.1, 0.15) is 47.0 Å². The smallest absolute Gasteiger partial charge is 0.323 e. The van der Waals surface area contributed by atoms with Gasteiger partial charge in [0.05, 0.1) is 0 Å². The maximum absolute atomic E-state index is 11.9. The first-order valence-electron chi connectivity index (χ1n) is 5.91. The second-order valence-electron chi connectivity index (χ2n) is 5.23. The second kappa shape index (κ2) is 4.97. The van der Waals surface area contributed by atoms with Crippen molar-refractivity contribution in [3.8, 4) is 0 Å². The highest BCUT2D eigenvalue weighted by atomic mass is 16.6. The molecular formula is C12H23NO2. The van der Waals surface area contributed by atoms with Gasteiger partial charge >= 0.3 is 5.97 Å². The first kappa shape index (κ1) is 12.5. The van der Waals surface area contributed by atoms with Gasteiger partial charge in [0.15, 0.2) is 0 Å². The third-order valence-electron chi connectivity index (χ3n) is 2.55. The number of nitrogens with zero attached hydrogens (tertiary/aromatic N) is 1. The van der Waals surface area contributed by atoms with Crippen molar-refractivity contribution in [2.24, 2.45) is 0 Å². The molecule has 1 aliphatic rings. The fourth-order valence-electron chi connectivity index (χ4n) is 2.02. The molecule has 0 N–H and O–H groups in total. The number of likely N-dealkylation sites (tertiary alicyclic amines) is 1. The van der Waals surface area contributed by atoms with E-state index in [1.165, 1.54) is 0 Å². The van der Waals surface area contributed by atoms with Crippen molar-refractivity contribution in [3.05, 3.63) is 0 Å². The largest absolute Gasteiger partial charge is 0.459 e. The Kier molecular flexibility index (Phi) is 4.14. The fraction of sp³-hybridized carbons (Fsp3) is 0.917. The maximum atomic E-state index is 11.9. The lowest BCUT2D eigenvalue weighted by molar-refractivity contribution is -0.160. The molecule has 1 aliphatic heterocycles. The molecule has 0 aliphatic carbocycles. The van der Waals surface area contributed by atoms with Crippen LogP contribution in [0, 0.1) is 0 Å². The third-order valence-corrected chi connectivity index (χ3v) is 2.55. The molecular weight excluding hydrogens is 190 g/mol. The molecule has 0 amide bonds. The molecule has 1 rings (SSSR count). The van der Waals surface area contributed by atoms with Gasteiger partial charge in [0.2, 0.25) is 0 Å². The minimum Gasteiger partial charge on any atom is -0.459 e. The lowest BCUT2D eigenvalue weighted by Gasteiger charge is -2.26. The van der Waals surface area contributed by atoms with Crippen LogP contribution >= 0.6 is 0 Å². The molecule has 3 nitrogen and oxygen atoms in total. The first-order valence-corrected chi connectivity index (χ1v) is 5.91. The number of esters is 1. The average molecular weight is 213 g/mol. The predicted octanol–water partition coefficient (Wildman–Crippen LogP) is 2.20. The summed E-state index contributed by atoms with van der Waals surface area (Å²) in [5.41, 5.74) is -0.364. The Morgan fingerprint density at radius 3 is 2.67 bits per heavy atom. The van der Waals surface area contributed by atoms with Crippen LogP contribution in [0.3, 0.4) is 0 Å². The van der Waals surface area contributed by atoms with Crippen molar-refractivity contribution < 1.29 is 9.53 Å². The minimum atomic E-state index is -0.364. The summed E-state index contributed by atoms with van der Waals surface area (Å²) in [5, 5.41) is 0. The van der Waals surface area contributed by atoms with Crippen LogP contribution in [0.25, 0.3) is 0 Å². The van der Waals surface area contributed by atoms with Gasteiger partial charge in [-0.3, -0.25) is 9.69 Å². The van der Waals surface area contributed by atoms with Crippen LogP contribution in [-0.2, 0) is 9.53 Å². The van der Waals surface area contributed by atoms with E-state index in [1.54, 1.807) is 0 Å². The van der Waals surface area contributed by atoms with Crippen LogP contribution < -0.4 is 0 Å². The molecule has 0 unspecified atom stereocenters. The molecule has 0 saturated carbocycles.